The van der Waals surface area contributed by atoms with Crippen LogP contribution >= 0.6 is 0 Å². The van der Waals surface area contributed by atoms with Gasteiger partial charge in [-0.25, -0.2) is 9.87 Å². The third kappa shape index (κ3) is 4.72. The van der Waals surface area contributed by atoms with Crippen LogP contribution in [0.1, 0.15) is 21.5 Å². The molecule has 0 atom stereocenters. The Morgan fingerprint density at radius 1 is 1.00 bits per heavy atom. The molecule has 0 spiro atoms. The molecule has 0 radical (unpaired) electrons. The molecule has 0 bridgehead atoms. The second-order valence-electron chi connectivity index (χ2n) is 4.65. The van der Waals surface area contributed by atoms with Crippen LogP contribution in [0.25, 0.3) is 12.2 Å². The number of nitrogens with one attached hydrogen (secondary N) is 1. The predicted octanol–water partition coefficient (Wildman–Crippen LogP) is 3.24. The quantitative estimate of drug-likeness (QED) is 0.385. The van der Waals surface area contributed by atoms with Crippen molar-refractivity contribution in [1.82, 2.24) is 5.48 Å². The van der Waals surface area contributed by atoms with Gasteiger partial charge in [0.2, 0.25) is 0 Å². The van der Waals surface area contributed by atoms with Crippen molar-refractivity contribution in [1.29, 1.82) is 0 Å². The number of ketones is 1. The highest BCUT2D eigenvalue weighted by atomic mass is 19.1. The summed E-state index contributed by atoms with van der Waals surface area (Å²) >= 11 is 0. The Bertz CT molecular complexity index is 767. The number of benzene rings is 2. The van der Waals surface area contributed by atoms with Gasteiger partial charge in [-0.1, -0.05) is 48.5 Å². The smallest absolute Gasteiger partial charge is 0.267 e. The number of carbonyl (C=O) groups excluding carboxylic acids is 2. The summed E-state index contributed by atoms with van der Waals surface area (Å²) in [4.78, 5) is 22.8. The van der Waals surface area contributed by atoms with E-state index in [1.54, 1.807) is 30.3 Å². The maximum atomic E-state index is 13.9. The summed E-state index contributed by atoms with van der Waals surface area (Å²) in [7, 11) is 0. The molecule has 0 saturated heterocycles. The van der Waals surface area contributed by atoms with Crippen molar-refractivity contribution < 1.29 is 19.2 Å². The molecule has 0 fully saturated rings. The number of amides is 1. The lowest BCUT2D eigenvalue weighted by atomic mass is 10.1. The SMILES string of the molecule is O=C(C=Cc1ccc(C=CC(=O)c2ccccc2)cc1F)NO. The summed E-state index contributed by atoms with van der Waals surface area (Å²) in [5, 5.41) is 8.36. The number of hydroxylamine groups is 1. The van der Waals surface area contributed by atoms with Gasteiger partial charge in [-0.05, 0) is 23.8 Å². The molecule has 2 rings (SSSR count). The van der Waals surface area contributed by atoms with E-state index >= 15 is 0 Å². The van der Waals surface area contributed by atoms with Gasteiger partial charge in [-0.2, -0.15) is 0 Å². The number of halogens is 1. The first-order valence-electron chi connectivity index (χ1n) is 6.79. The summed E-state index contributed by atoms with van der Waals surface area (Å²) in [6.45, 7) is 0. The van der Waals surface area contributed by atoms with Crippen molar-refractivity contribution in [2.24, 2.45) is 0 Å². The van der Waals surface area contributed by atoms with Crippen molar-refractivity contribution in [2.45, 2.75) is 0 Å². The predicted molar refractivity (Wildman–Crippen MR) is 85.2 cm³/mol. The van der Waals surface area contributed by atoms with Crippen LogP contribution in [0.5, 0.6) is 0 Å². The minimum absolute atomic E-state index is 0.172. The van der Waals surface area contributed by atoms with Crippen molar-refractivity contribution in [3.8, 4) is 0 Å². The van der Waals surface area contributed by atoms with E-state index in [9.17, 15) is 14.0 Å². The lowest BCUT2D eigenvalue weighted by molar-refractivity contribution is -0.124. The average molecular weight is 311 g/mol. The number of rotatable bonds is 5. The fraction of sp³-hybridized carbons (Fsp3) is 0. The van der Waals surface area contributed by atoms with E-state index in [0.717, 1.165) is 6.08 Å². The van der Waals surface area contributed by atoms with Gasteiger partial charge in [0, 0.05) is 17.2 Å². The first-order valence-corrected chi connectivity index (χ1v) is 6.79. The zero-order chi connectivity index (χ0) is 16.7. The lowest BCUT2D eigenvalue weighted by Crippen LogP contribution is -2.14. The van der Waals surface area contributed by atoms with Crippen molar-refractivity contribution in [3.63, 3.8) is 0 Å². The normalized spacial score (nSPS) is 11.0. The zero-order valence-electron chi connectivity index (χ0n) is 12.1. The molecule has 2 aromatic carbocycles. The van der Waals surface area contributed by atoms with Gasteiger partial charge >= 0.3 is 0 Å². The molecule has 0 aliphatic heterocycles. The van der Waals surface area contributed by atoms with Crippen LogP contribution in [0.3, 0.4) is 0 Å². The van der Waals surface area contributed by atoms with Crippen LogP contribution in [0.4, 0.5) is 4.39 Å². The second kappa shape index (κ2) is 7.82. The summed E-state index contributed by atoms with van der Waals surface area (Å²) in [6.07, 6.45) is 5.14. The average Bonchev–Trinajstić information content (AvgIpc) is 2.59. The molecule has 0 aliphatic carbocycles. The summed E-state index contributed by atoms with van der Waals surface area (Å²) < 4.78 is 13.9. The van der Waals surface area contributed by atoms with Gasteiger partial charge < -0.3 is 0 Å². The van der Waals surface area contributed by atoms with E-state index in [4.69, 9.17) is 5.21 Å². The van der Waals surface area contributed by atoms with E-state index < -0.39 is 11.7 Å². The molecule has 2 aromatic rings. The molecule has 1 amide bonds. The zero-order valence-corrected chi connectivity index (χ0v) is 12.1. The summed E-state index contributed by atoms with van der Waals surface area (Å²) in [5.74, 6) is -1.46. The van der Waals surface area contributed by atoms with Crippen molar-refractivity contribution >= 4 is 23.8 Å². The third-order valence-corrected chi connectivity index (χ3v) is 3.03. The van der Waals surface area contributed by atoms with Crippen LogP contribution < -0.4 is 5.48 Å². The minimum Gasteiger partial charge on any atom is -0.289 e. The summed E-state index contributed by atoms with van der Waals surface area (Å²) in [5.41, 5.74) is 2.69. The molecule has 0 heterocycles. The van der Waals surface area contributed by atoms with Crippen LogP contribution in [0.2, 0.25) is 0 Å². The standard InChI is InChI=1S/C18H14FNO3/c19-16-12-13(6-8-14(16)9-11-18(22)20-23)7-10-17(21)15-4-2-1-3-5-15/h1-12,23H,(H,20,22). The Labute approximate surface area is 132 Å². The Hall–Kier alpha value is -3.05. The molecule has 116 valence electrons. The van der Waals surface area contributed by atoms with Crippen LogP contribution in [0.15, 0.2) is 60.7 Å². The maximum Gasteiger partial charge on any atom is 0.267 e. The molecular formula is C18H14FNO3. The number of allylic oxidation sites excluding steroid dienone is 1. The van der Waals surface area contributed by atoms with Gasteiger partial charge in [0.25, 0.3) is 5.91 Å². The first-order chi connectivity index (χ1) is 11.1. The Morgan fingerprint density at radius 2 is 1.74 bits per heavy atom. The molecule has 5 heteroatoms. The van der Waals surface area contributed by atoms with E-state index in [1.807, 2.05) is 6.07 Å². The van der Waals surface area contributed by atoms with E-state index in [2.05, 4.69) is 0 Å². The highest BCUT2D eigenvalue weighted by Gasteiger charge is 2.02. The van der Waals surface area contributed by atoms with Gasteiger partial charge in [-0.15, -0.1) is 0 Å². The molecular weight excluding hydrogens is 297 g/mol. The minimum atomic E-state index is -0.748. The van der Waals surface area contributed by atoms with Crippen LogP contribution in [-0.2, 0) is 4.79 Å². The molecule has 4 nitrogen and oxygen atoms in total. The Kier molecular flexibility index (Phi) is 5.55. The molecule has 0 aliphatic rings. The summed E-state index contributed by atoms with van der Waals surface area (Å²) in [6, 6.07) is 13.1. The first kappa shape index (κ1) is 16.3. The van der Waals surface area contributed by atoms with Gasteiger partial charge in [0.05, 0.1) is 0 Å². The van der Waals surface area contributed by atoms with E-state index in [-0.39, 0.29) is 11.3 Å². The number of hydrogen-bond donors (Lipinski definition) is 2. The van der Waals surface area contributed by atoms with Crippen LogP contribution in [0, 0.1) is 5.82 Å². The molecule has 23 heavy (non-hydrogen) atoms. The lowest BCUT2D eigenvalue weighted by Gasteiger charge is -1.99. The van der Waals surface area contributed by atoms with Crippen LogP contribution in [-0.4, -0.2) is 16.9 Å². The molecule has 0 unspecified atom stereocenters. The highest BCUT2D eigenvalue weighted by molar-refractivity contribution is 6.06. The number of hydrogen-bond acceptors (Lipinski definition) is 3. The van der Waals surface area contributed by atoms with Gasteiger partial charge in [0.15, 0.2) is 5.78 Å². The van der Waals surface area contributed by atoms with Crippen molar-refractivity contribution in [2.75, 3.05) is 0 Å². The fourth-order valence-corrected chi connectivity index (χ4v) is 1.86. The van der Waals surface area contributed by atoms with Gasteiger partial charge in [0.1, 0.15) is 5.82 Å². The monoisotopic (exact) mass is 311 g/mol. The molecule has 0 saturated carbocycles. The van der Waals surface area contributed by atoms with Gasteiger partial charge in [-0.3, -0.25) is 14.8 Å². The Morgan fingerprint density at radius 3 is 2.39 bits per heavy atom. The maximum absolute atomic E-state index is 13.9. The largest absolute Gasteiger partial charge is 0.289 e. The number of carbonyl (C=O) groups is 2. The topological polar surface area (TPSA) is 66.4 Å². The third-order valence-electron chi connectivity index (χ3n) is 3.03. The van der Waals surface area contributed by atoms with Crippen molar-refractivity contribution in [3.05, 3.63) is 83.2 Å². The van der Waals surface area contributed by atoms with E-state index in [1.165, 1.54) is 35.8 Å². The Balaban J connectivity index is 2.11. The fourth-order valence-electron chi connectivity index (χ4n) is 1.86. The van der Waals surface area contributed by atoms with E-state index in [0.29, 0.717) is 11.1 Å². The second-order valence-corrected chi connectivity index (χ2v) is 4.65. The molecule has 2 N–H and O–H groups in total. The molecule has 0 aromatic heterocycles. The highest BCUT2D eigenvalue weighted by Crippen LogP contribution is 2.14.